The van der Waals surface area contributed by atoms with E-state index in [4.69, 9.17) is 0 Å². The molecule has 1 aromatic heterocycles. The molecule has 1 aromatic rings. The molecule has 1 aliphatic rings. The lowest BCUT2D eigenvalue weighted by molar-refractivity contribution is 0.248. The average Bonchev–Trinajstić information content (AvgIpc) is 2.47. The van der Waals surface area contributed by atoms with Gasteiger partial charge in [0.25, 0.3) is 0 Å². The third-order valence-corrected chi connectivity index (χ3v) is 5.23. The van der Waals surface area contributed by atoms with E-state index in [2.05, 4.69) is 27.0 Å². The van der Waals surface area contributed by atoms with Crippen LogP contribution in [0.1, 0.15) is 26.2 Å². The second kappa shape index (κ2) is 7.20. The first-order chi connectivity index (χ1) is 10.0. The summed E-state index contributed by atoms with van der Waals surface area (Å²) in [6.45, 7) is 4.61. The van der Waals surface area contributed by atoms with Gasteiger partial charge >= 0.3 is 0 Å². The molecule has 0 bridgehead atoms. The van der Waals surface area contributed by atoms with Crippen LogP contribution >= 0.6 is 0 Å². The van der Waals surface area contributed by atoms with Gasteiger partial charge in [0, 0.05) is 25.0 Å². The number of hydrogen-bond acceptors (Lipinski definition) is 5. The molecule has 0 spiro atoms. The third kappa shape index (κ3) is 4.39. The molecule has 2 heterocycles. The lowest BCUT2D eigenvalue weighted by Gasteiger charge is -2.29. The molecular weight excluding hydrogens is 288 g/mol. The summed E-state index contributed by atoms with van der Waals surface area (Å²) < 4.78 is 27.9. The van der Waals surface area contributed by atoms with Crippen LogP contribution in [0.15, 0.2) is 23.4 Å². The molecule has 0 aliphatic carbocycles. The predicted molar refractivity (Wildman–Crippen MR) is 83.9 cm³/mol. The maximum absolute atomic E-state index is 12.6. The lowest BCUT2D eigenvalue weighted by atomic mass is 10.1. The van der Waals surface area contributed by atoms with Gasteiger partial charge in [0.1, 0.15) is 4.90 Å². The quantitative estimate of drug-likeness (QED) is 0.827. The van der Waals surface area contributed by atoms with Gasteiger partial charge in [-0.2, -0.15) is 0 Å². The molecule has 0 amide bonds. The van der Waals surface area contributed by atoms with Crippen molar-refractivity contribution in [2.45, 2.75) is 37.1 Å². The van der Waals surface area contributed by atoms with E-state index in [1.165, 1.54) is 6.20 Å². The molecule has 6 nitrogen and oxygen atoms in total. The number of likely N-dealkylation sites (tertiary alicyclic amines) is 1. The molecule has 0 radical (unpaired) electrons. The van der Waals surface area contributed by atoms with Gasteiger partial charge in [0.2, 0.25) is 10.0 Å². The van der Waals surface area contributed by atoms with Crippen molar-refractivity contribution in [1.29, 1.82) is 0 Å². The first kappa shape index (κ1) is 16.2. The zero-order valence-corrected chi connectivity index (χ0v) is 13.5. The highest BCUT2D eigenvalue weighted by atomic mass is 32.2. The molecule has 0 unspecified atom stereocenters. The van der Waals surface area contributed by atoms with Crippen LogP contribution in [0.2, 0.25) is 0 Å². The van der Waals surface area contributed by atoms with Crippen LogP contribution in [0.3, 0.4) is 0 Å². The summed E-state index contributed by atoms with van der Waals surface area (Å²) >= 11 is 0. The number of sulfonamides is 1. The summed E-state index contributed by atoms with van der Waals surface area (Å²) in [6.07, 6.45) is 5.63. The maximum Gasteiger partial charge on any atom is 0.244 e. The fourth-order valence-electron chi connectivity index (χ4n) is 2.41. The normalized spacial score (nSPS) is 17.8. The van der Waals surface area contributed by atoms with Crippen LogP contribution in [0.4, 0.5) is 5.69 Å². The molecule has 2 rings (SSSR count). The smallest absolute Gasteiger partial charge is 0.244 e. The van der Waals surface area contributed by atoms with Crippen molar-refractivity contribution in [2.75, 3.05) is 32.0 Å². The van der Waals surface area contributed by atoms with Crippen molar-refractivity contribution in [1.82, 2.24) is 14.6 Å². The van der Waals surface area contributed by atoms with Gasteiger partial charge < -0.3 is 10.2 Å². The molecule has 1 saturated heterocycles. The summed E-state index contributed by atoms with van der Waals surface area (Å²) in [5.41, 5.74) is 0.618. The summed E-state index contributed by atoms with van der Waals surface area (Å²) in [4.78, 5) is 6.40. The van der Waals surface area contributed by atoms with Gasteiger partial charge in [-0.3, -0.25) is 4.98 Å². The van der Waals surface area contributed by atoms with Crippen molar-refractivity contribution in [2.24, 2.45) is 0 Å². The molecule has 1 aliphatic heterocycles. The van der Waals surface area contributed by atoms with Crippen LogP contribution < -0.4 is 10.0 Å². The van der Waals surface area contributed by atoms with Gasteiger partial charge in [-0.15, -0.1) is 0 Å². The Bertz CT molecular complexity index is 554. The second-order valence-corrected chi connectivity index (χ2v) is 7.18. The van der Waals surface area contributed by atoms with Crippen molar-refractivity contribution < 1.29 is 8.42 Å². The average molecular weight is 312 g/mol. The highest BCUT2D eigenvalue weighted by Crippen LogP contribution is 2.21. The number of nitrogens with zero attached hydrogens (tertiary/aromatic N) is 2. The summed E-state index contributed by atoms with van der Waals surface area (Å²) in [6, 6.07) is 1.71. The van der Waals surface area contributed by atoms with Crippen molar-refractivity contribution in [3.63, 3.8) is 0 Å². The monoisotopic (exact) mass is 312 g/mol. The number of piperidine rings is 1. The minimum absolute atomic E-state index is 0.00503. The largest absolute Gasteiger partial charge is 0.384 e. The van der Waals surface area contributed by atoms with E-state index < -0.39 is 10.0 Å². The Hall–Kier alpha value is -1.18. The van der Waals surface area contributed by atoms with Crippen LogP contribution in [-0.4, -0.2) is 51.0 Å². The fraction of sp³-hybridized carbons (Fsp3) is 0.643. The highest BCUT2D eigenvalue weighted by molar-refractivity contribution is 7.89. The molecule has 0 aromatic carbocycles. The minimum Gasteiger partial charge on any atom is -0.384 e. The van der Waals surface area contributed by atoms with Crippen molar-refractivity contribution in [3.05, 3.63) is 18.5 Å². The number of nitrogens with one attached hydrogen (secondary N) is 2. The van der Waals surface area contributed by atoms with Crippen molar-refractivity contribution >= 4 is 15.7 Å². The number of aromatic nitrogens is 1. The molecular formula is C14H24N4O2S. The van der Waals surface area contributed by atoms with Crippen LogP contribution in [0.5, 0.6) is 0 Å². The molecule has 1 fully saturated rings. The Morgan fingerprint density at radius 2 is 2.10 bits per heavy atom. The molecule has 7 heteroatoms. The number of anilines is 1. The van der Waals surface area contributed by atoms with Gasteiger partial charge in [-0.1, -0.05) is 6.92 Å². The predicted octanol–water partition coefficient (Wildman–Crippen LogP) is 1.28. The summed E-state index contributed by atoms with van der Waals surface area (Å²) in [5, 5.41) is 3.15. The molecule has 0 atom stereocenters. The Labute approximate surface area is 127 Å². The van der Waals surface area contributed by atoms with Crippen LogP contribution in [0, 0.1) is 0 Å². The van der Waals surface area contributed by atoms with E-state index >= 15 is 0 Å². The second-order valence-electron chi connectivity index (χ2n) is 5.50. The number of pyridine rings is 1. The van der Waals surface area contributed by atoms with E-state index in [-0.39, 0.29) is 10.9 Å². The summed E-state index contributed by atoms with van der Waals surface area (Å²) in [7, 11) is -1.48. The number of rotatable bonds is 6. The topological polar surface area (TPSA) is 74.3 Å². The highest BCUT2D eigenvalue weighted by Gasteiger charge is 2.25. The third-order valence-electron chi connectivity index (χ3n) is 3.68. The number of hydrogen-bond donors (Lipinski definition) is 2. The Kier molecular flexibility index (Phi) is 5.55. The maximum atomic E-state index is 12.6. The molecule has 2 N–H and O–H groups in total. The van der Waals surface area contributed by atoms with E-state index in [9.17, 15) is 8.42 Å². The lowest BCUT2D eigenvalue weighted by Crippen LogP contribution is -2.43. The Morgan fingerprint density at radius 1 is 1.38 bits per heavy atom. The van der Waals surface area contributed by atoms with E-state index in [0.717, 1.165) is 38.9 Å². The summed E-state index contributed by atoms with van der Waals surface area (Å²) in [5.74, 6) is 0. The van der Waals surface area contributed by atoms with Crippen molar-refractivity contribution in [3.8, 4) is 0 Å². The first-order valence-corrected chi connectivity index (χ1v) is 8.90. The first-order valence-electron chi connectivity index (χ1n) is 7.41. The Balaban J connectivity index is 2.12. The Morgan fingerprint density at radius 3 is 2.76 bits per heavy atom. The zero-order chi connectivity index (χ0) is 15.3. The standard InChI is InChI=1S/C14H24N4O2S/c1-3-7-16-13-4-8-15-11-14(13)21(19,20)17-12-5-9-18(2)10-6-12/h4,8,11-12,17H,3,5-7,9-10H2,1-2H3,(H,15,16). The molecule has 21 heavy (non-hydrogen) atoms. The molecule has 0 saturated carbocycles. The van der Waals surface area contributed by atoms with Gasteiger partial charge in [0.15, 0.2) is 0 Å². The van der Waals surface area contributed by atoms with Gasteiger partial charge in [-0.05, 0) is 45.5 Å². The van der Waals surface area contributed by atoms with Crippen LogP contribution in [0.25, 0.3) is 0 Å². The van der Waals surface area contributed by atoms with E-state index in [1.54, 1.807) is 12.3 Å². The van der Waals surface area contributed by atoms with Gasteiger partial charge in [-0.25, -0.2) is 13.1 Å². The van der Waals surface area contributed by atoms with E-state index in [1.807, 2.05) is 6.92 Å². The van der Waals surface area contributed by atoms with E-state index in [0.29, 0.717) is 5.69 Å². The minimum atomic E-state index is -3.53. The van der Waals surface area contributed by atoms with Gasteiger partial charge in [0.05, 0.1) is 5.69 Å². The fourth-order valence-corrected chi connectivity index (χ4v) is 3.84. The SMILES string of the molecule is CCCNc1ccncc1S(=O)(=O)NC1CCN(C)CC1. The molecule has 118 valence electrons. The zero-order valence-electron chi connectivity index (χ0n) is 12.7. The van der Waals surface area contributed by atoms with Crippen LogP contribution in [-0.2, 0) is 10.0 Å².